The summed E-state index contributed by atoms with van der Waals surface area (Å²) in [7, 11) is -2.30. The van der Waals surface area contributed by atoms with Crippen LogP contribution in [0.5, 0.6) is 5.75 Å². The molecule has 0 aliphatic heterocycles. The molecule has 168 valence electrons. The summed E-state index contributed by atoms with van der Waals surface area (Å²) in [6, 6.07) is 20.4. The third-order valence-electron chi connectivity index (χ3n) is 4.86. The van der Waals surface area contributed by atoms with Crippen LogP contribution in [0.15, 0.2) is 77.7 Å². The van der Waals surface area contributed by atoms with Crippen LogP contribution in [0.1, 0.15) is 9.67 Å². The van der Waals surface area contributed by atoms with E-state index in [0.29, 0.717) is 33.1 Å². The van der Waals surface area contributed by atoms with Crippen molar-refractivity contribution in [2.75, 3.05) is 18.2 Å². The Bertz CT molecular complexity index is 1410. The van der Waals surface area contributed by atoms with Gasteiger partial charge in [0.2, 0.25) is 10.0 Å². The standard InChI is InChI=1S/C23H20N4O4S2/c1-31-17-12-8-15(9-13-17)20-21(32-23(24)27-20)22(28)26-16-10-6-14(7-11-16)18-4-2-3-5-19(18)33(25,29)30/h2-13H,1H3,(H2,24,27)(H,26,28)(H2,25,29,30). The SMILES string of the molecule is COc1ccc(-c2nc(N)sc2C(=O)Nc2ccc(-c3ccccc3S(N)(=O)=O)cc2)cc1. The fourth-order valence-corrected chi connectivity index (χ4v) is 4.82. The van der Waals surface area contributed by atoms with Gasteiger partial charge in [-0.1, -0.05) is 41.7 Å². The maximum Gasteiger partial charge on any atom is 0.268 e. The van der Waals surface area contributed by atoms with Gasteiger partial charge in [0.25, 0.3) is 5.91 Å². The smallest absolute Gasteiger partial charge is 0.268 e. The highest BCUT2D eigenvalue weighted by molar-refractivity contribution is 7.89. The molecule has 0 saturated carbocycles. The molecule has 3 aromatic carbocycles. The molecule has 4 aromatic rings. The van der Waals surface area contributed by atoms with Crippen molar-refractivity contribution in [3.8, 4) is 28.1 Å². The Balaban J connectivity index is 1.59. The number of hydrogen-bond acceptors (Lipinski definition) is 7. The Hall–Kier alpha value is -3.73. The topological polar surface area (TPSA) is 137 Å². The summed E-state index contributed by atoms with van der Waals surface area (Å²) in [6.45, 7) is 0. The lowest BCUT2D eigenvalue weighted by Crippen LogP contribution is -2.13. The average molecular weight is 481 g/mol. The molecule has 0 aliphatic rings. The maximum atomic E-state index is 13.0. The highest BCUT2D eigenvalue weighted by atomic mass is 32.2. The molecule has 0 aliphatic carbocycles. The number of sulfonamides is 1. The molecule has 0 saturated heterocycles. The molecule has 5 N–H and O–H groups in total. The van der Waals surface area contributed by atoms with Gasteiger partial charge in [-0.15, -0.1) is 0 Å². The number of nitrogen functional groups attached to an aromatic ring is 1. The number of hydrogen-bond donors (Lipinski definition) is 3. The quantitative estimate of drug-likeness (QED) is 0.382. The number of methoxy groups -OCH3 is 1. The molecule has 1 amide bonds. The van der Waals surface area contributed by atoms with E-state index >= 15 is 0 Å². The lowest BCUT2D eigenvalue weighted by Gasteiger charge is -2.10. The predicted octanol–water partition coefficient (Wildman–Crippen LogP) is 3.97. The normalized spacial score (nSPS) is 11.2. The van der Waals surface area contributed by atoms with Crippen LogP contribution in [0.4, 0.5) is 10.8 Å². The van der Waals surface area contributed by atoms with Crippen molar-refractivity contribution < 1.29 is 17.9 Å². The number of carbonyl (C=O) groups excluding carboxylic acids is 1. The van der Waals surface area contributed by atoms with Crippen molar-refractivity contribution in [2.45, 2.75) is 4.90 Å². The molecule has 0 atom stereocenters. The Labute approximate surface area is 194 Å². The van der Waals surface area contributed by atoms with Crippen molar-refractivity contribution in [1.82, 2.24) is 4.98 Å². The second kappa shape index (κ2) is 9.02. The van der Waals surface area contributed by atoms with Gasteiger partial charge in [-0.3, -0.25) is 4.79 Å². The Morgan fingerprint density at radius 2 is 1.61 bits per heavy atom. The van der Waals surface area contributed by atoms with E-state index in [4.69, 9.17) is 15.6 Å². The summed E-state index contributed by atoms with van der Waals surface area (Å²) in [5.74, 6) is 0.338. The number of ether oxygens (including phenoxy) is 1. The van der Waals surface area contributed by atoms with Crippen molar-refractivity contribution >= 4 is 38.1 Å². The number of anilines is 2. The number of amides is 1. The van der Waals surface area contributed by atoms with Crippen LogP contribution in [0, 0.1) is 0 Å². The Kier molecular flexibility index (Phi) is 6.14. The van der Waals surface area contributed by atoms with Crippen LogP contribution in [0.2, 0.25) is 0 Å². The highest BCUT2D eigenvalue weighted by Gasteiger charge is 2.19. The number of thiazole rings is 1. The van der Waals surface area contributed by atoms with Gasteiger partial charge in [-0.2, -0.15) is 0 Å². The van der Waals surface area contributed by atoms with Crippen molar-refractivity contribution in [3.63, 3.8) is 0 Å². The number of carbonyl (C=O) groups is 1. The minimum atomic E-state index is -3.88. The molecule has 0 spiro atoms. The molecule has 0 fully saturated rings. The van der Waals surface area contributed by atoms with Crippen molar-refractivity contribution in [3.05, 3.63) is 77.7 Å². The van der Waals surface area contributed by atoms with E-state index < -0.39 is 10.0 Å². The first kappa shape index (κ1) is 22.5. The number of nitrogens with zero attached hydrogens (tertiary/aromatic N) is 1. The largest absolute Gasteiger partial charge is 0.497 e. The zero-order valence-electron chi connectivity index (χ0n) is 17.5. The minimum Gasteiger partial charge on any atom is -0.497 e. The first-order chi connectivity index (χ1) is 15.8. The molecule has 1 heterocycles. The van der Waals surface area contributed by atoms with E-state index in [1.54, 1.807) is 61.7 Å². The molecule has 1 aromatic heterocycles. The molecule has 0 bridgehead atoms. The van der Waals surface area contributed by atoms with Gasteiger partial charge in [0.1, 0.15) is 10.6 Å². The molecule has 8 nitrogen and oxygen atoms in total. The lowest BCUT2D eigenvalue weighted by molar-refractivity contribution is 0.103. The number of nitrogens with two attached hydrogens (primary N) is 2. The Morgan fingerprint density at radius 3 is 2.24 bits per heavy atom. The summed E-state index contributed by atoms with van der Waals surface area (Å²) in [5.41, 5.74) is 8.77. The first-order valence-corrected chi connectivity index (χ1v) is 12.1. The second-order valence-electron chi connectivity index (χ2n) is 7.03. The molecule has 0 unspecified atom stereocenters. The van der Waals surface area contributed by atoms with Gasteiger partial charge >= 0.3 is 0 Å². The summed E-state index contributed by atoms with van der Waals surface area (Å²) in [6.07, 6.45) is 0. The molecule has 4 rings (SSSR count). The zero-order valence-corrected chi connectivity index (χ0v) is 19.1. The van der Waals surface area contributed by atoms with Gasteiger partial charge in [0.15, 0.2) is 5.13 Å². The number of rotatable bonds is 6. The number of nitrogens with one attached hydrogen (secondary N) is 1. The van der Waals surface area contributed by atoms with E-state index in [1.165, 1.54) is 6.07 Å². The van der Waals surface area contributed by atoms with Crippen LogP contribution in [0.3, 0.4) is 0 Å². The van der Waals surface area contributed by atoms with Crippen molar-refractivity contribution in [1.29, 1.82) is 0 Å². The zero-order chi connectivity index (χ0) is 23.6. The third-order valence-corrected chi connectivity index (χ3v) is 6.71. The van der Waals surface area contributed by atoms with Gasteiger partial charge in [0, 0.05) is 16.8 Å². The summed E-state index contributed by atoms with van der Waals surface area (Å²) >= 11 is 1.09. The molecular weight excluding hydrogens is 460 g/mol. The Morgan fingerprint density at radius 1 is 0.970 bits per heavy atom. The van der Waals surface area contributed by atoms with E-state index in [2.05, 4.69) is 10.3 Å². The first-order valence-electron chi connectivity index (χ1n) is 9.70. The van der Waals surface area contributed by atoms with E-state index in [0.717, 1.165) is 16.9 Å². The van der Waals surface area contributed by atoms with Gasteiger partial charge < -0.3 is 15.8 Å². The number of benzene rings is 3. The molecule has 10 heteroatoms. The summed E-state index contributed by atoms with van der Waals surface area (Å²) in [4.78, 5) is 17.7. The lowest BCUT2D eigenvalue weighted by atomic mass is 10.1. The van der Waals surface area contributed by atoms with E-state index in [1.807, 2.05) is 12.1 Å². The fraction of sp³-hybridized carbons (Fsp3) is 0.0435. The maximum absolute atomic E-state index is 13.0. The van der Waals surface area contributed by atoms with Crippen LogP contribution >= 0.6 is 11.3 Å². The average Bonchev–Trinajstić information content (AvgIpc) is 3.21. The number of primary sulfonamides is 1. The number of aromatic nitrogens is 1. The van der Waals surface area contributed by atoms with Crippen LogP contribution in [-0.4, -0.2) is 26.4 Å². The van der Waals surface area contributed by atoms with Crippen molar-refractivity contribution in [2.24, 2.45) is 5.14 Å². The van der Waals surface area contributed by atoms with Gasteiger partial charge in [-0.25, -0.2) is 18.5 Å². The van der Waals surface area contributed by atoms with Crippen LogP contribution in [0.25, 0.3) is 22.4 Å². The summed E-state index contributed by atoms with van der Waals surface area (Å²) < 4.78 is 28.9. The monoisotopic (exact) mass is 480 g/mol. The molecular formula is C23H20N4O4S2. The minimum absolute atomic E-state index is 0.0334. The predicted molar refractivity (Wildman–Crippen MR) is 130 cm³/mol. The van der Waals surface area contributed by atoms with Gasteiger partial charge in [0.05, 0.1) is 17.7 Å². The van der Waals surface area contributed by atoms with Crippen LogP contribution in [-0.2, 0) is 10.0 Å². The van der Waals surface area contributed by atoms with Crippen LogP contribution < -0.4 is 20.9 Å². The van der Waals surface area contributed by atoms with Gasteiger partial charge in [-0.05, 0) is 48.0 Å². The van der Waals surface area contributed by atoms with E-state index in [-0.39, 0.29) is 15.9 Å². The fourth-order valence-electron chi connectivity index (χ4n) is 3.31. The highest BCUT2D eigenvalue weighted by Crippen LogP contribution is 2.32. The summed E-state index contributed by atoms with van der Waals surface area (Å²) in [5, 5.41) is 8.44. The molecule has 0 radical (unpaired) electrons. The third kappa shape index (κ3) is 4.87. The van der Waals surface area contributed by atoms with E-state index in [9.17, 15) is 13.2 Å². The second-order valence-corrected chi connectivity index (χ2v) is 9.59. The molecule has 33 heavy (non-hydrogen) atoms.